The first-order valence-electron chi connectivity index (χ1n) is 2.29. The number of nitrogens with one attached hydrogen (secondary N) is 1. The van der Waals surface area contributed by atoms with Crippen molar-refractivity contribution in [1.82, 2.24) is 10.2 Å². The Hall–Kier alpha value is -0.390. The average Bonchev–Trinajstić information content (AvgIpc) is 1.90. The van der Waals surface area contributed by atoms with Crippen molar-refractivity contribution in [3.8, 4) is 0 Å². The quantitative estimate of drug-likeness (QED) is 0.552. The van der Waals surface area contributed by atoms with Crippen LogP contribution in [0.3, 0.4) is 0 Å². The van der Waals surface area contributed by atoms with E-state index in [1.165, 1.54) is 0 Å². The fraction of sp³-hybridized carbons (Fsp3) is 0. The van der Waals surface area contributed by atoms with Gasteiger partial charge in [0.25, 0.3) is 0 Å². The van der Waals surface area contributed by atoms with Gasteiger partial charge in [-0.05, 0) is 28.1 Å². The third kappa shape index (κ3) is 2.47. The molecule has 0 fully saturated rings. The maximum absolute atomic E-state index is 5.03. The fourth-order valence-electron chi connectivity index (χ4n) is 0.393. The Morgan fingerprint density at radius 2 is 2.10 bits per heavy atom. The van der Waals surface area contributed by atoms with Gasteiger partial charge in [-0.2, -0.15) is 0 Å². The highest BCUT2D eigenvalue weighted by Crippen LogP contribution is 2.04. The van der Waals surface area contributed by atoms with Gasteiger partial charge in [-0.1, -0.05) is 0 Å². The SMILES string of the molecule is Cl.NNc1ccc(Br)nn1. The molecule has 0 saturated carbocycles. The summed E-state index contributed by atoms with van der Waals surface area (Å²) in [6, 6.07) is 3.47. The highest BCUT2D eigenvalue weighted by Gasteiger charge is 1.88. The van der Waals surface area contributed by atoms with Crippen molar-refractivity contribution in [2.75, 3.05) is 5.43 Å². The van der Waals surface area contributed by atoms with Crippen LogP contribution in [0.15, 0.2) is 16.7 Å². The van der Waals surface area contributed by atoms with E-state index in [0.717, 1.165) is 0 Å². The van der Waals surface area contributed by atoms with Crippen LogP contribution in [0.25, 0.3) is 0 Å². The number of nitrogens with zero attached hydrogens (tertiary/aromatic N) is 2. The van der Waals surface area contributed by atoms with E-state index in [1.54, 1.807) is 12.1 Å². The molecule has 1 aromatic heterocycles. The molecule has 0 aliphatic rings. The lowest BCUT2D eigenvalue weighted by Crippen LogP contribution is -2.08. The second kappa shape index (κ2) is 4.43. The fourth-order valence-corrected chi connectivity index (χ4v) is 0.604. The number of halogens is 2. The lowest BCUT2D eigenvalue weighted by atomic mass is 10.5. The van der Waals surface area contributed by atoms with Crippen LogP contribution in [0.2, 0.25) is 0 Å². The molecule has 6 heteroatoms. The normalized spacial score (nSPS) is 8.20. The molecule has 56 valence electrons. The van der Waals surface area contributed by atoms with Crippen molar-refractivity contribution >= 4 is 34.2 Å². The first-order valence-corrected chi connectivity index (χ1v) is 3.08. The molecule has 0 aliphatic heterocycles. The van der Waals surface area contributed by atoms with Gasteiger partial charge >= 0.3 is 0 Å². The largest absolute Gasteiger partial charge is 0.307 e. The maximum Gasteiger partial charge on any atom is 0.162 e. The van der Waals surface area contributed by atoms with Crippen LogP contribution in [0.1, 0.15) is 0 Å². The molecule has 3 N–H and O–H groups in total. The van der Waals surface area contributed by atoms with E-state index in [2.05, 4.69) is 31.6 Å². The van der Waals surface area contributed by atoms with Gasteiger partial charge in [-0.25, -0.2) is 5.84 Å². The van der Waals surface area contributed by atoms with E-state index in [1.807, 2.05) is 0 Å². The first-order chi connectivity index (χ1) is 4.33. The molecule has 0 unspecified atom stereocenters. The number of hydrazine groups is 1. The highest BCUT2D eigenvalue weighted by molar-refractivity contribution is 9.10. The summed E-state index contributed by atoms with van der Waals surface area (Å²) in [7, 11) is 0. The molecular formula is C4H6BrClN4. The molecule has 1 heterocycles. The van der Waals surface area contributed by atoms with Crippen LogP contribution in [-0.2, 0) is 0 Å². The molecule has 0 spiro atoms. The zero-order chi connectivity index (χ0) is 6.69. The lowest BCUT2D eigenvalue weighted by Gasteiger charge is -1.93. The van der Waals surface area contributed by atoms with Gasteiger partial charge < -0.3 is 5.43 Å². The number of nitrogen functional groups attached to an aromatic ring is 1. The molecule has 0 aliphatic carbocycles. The van der Waals surface area contributed by atoms with Crippen molar-refractivity contribution in [2.45, 2.75) is 0 Å². The van der Waals surface area contributed by atoms with Crippen molar-refractivity contribution in [1.29, 1.82) is 0 Å². The number of hydrogen-bond acceptors (Lipinski definition) is 4. The lowest BCUT2D eigenvalue weighted by molar-refractivity contribution is 0.997. The van der Waals surface area contributed by atoms with E-state index in [-0.39, 0.29) is 12.4 Å². The molecule has 4 nitrogen and oxygen atoms in total. The zero-order valence-corrected chi connectivity index (χ0v) is 7.32. The van der Waals surface area contributed by atoms with Gasteiger partial charge in [0.2, 0.25) is 0 Å². The van der Waals surface area contributed by atoms with Crippen LogP contribution < -0.4 is 11.3 Å². The Morgan fingerprint density at radius 3 is 2.50 bits per heavy atom. The molecule has 1 aromatic rings. The van der Waals surface area contributed by atoms with E-state index in [4.69, 9.17) is 5.84 Å². The van der Waals surface area contributed by atoms with E-state index in [0.29, 0.717) is 10.4 Å². The van der Waals surface area contributed by atoms with E-state index < -0.39 is 0 Å². The topological polar surface area (TPSA) is 63.8 Å². The number of rotatable bonds is 1. The van der Waals surface area contributed by atoms with Gasteiger partial charge in [-0.15, -0.1) is 22.6 Å². The summed E-state index contributed by atoms with van der Waals surface area (Å²) in [6.07, 6.45) is 0. The van der Waals surface area contributed by atoms with Crippen LogP contribution in [0, 0.1) is 0 Å². The Bertz CT molecular complexity index is 189. The number of aromatic nitrogens is 2. The average molecular weight is 225 g/mol. The minimum atomic E-state index is 0. The molecule has 1 rings (SSSR count). The molecular weight excluding hydrogens is 219 g/mol. The molecule has 10 heavy (non-hydrogen) atoms. The minimum absolute atomic E-state index is 0. The summed E-state index contributed by atoms with van der Waals surface area (Å²) in [6.45, 7) is 0. The molecule has 0 bridgehead atoms. The monoisotopic (exact) mass is 224 g/mol. The minimum Gasteiger partial charge on any atom is -0.307 e. The number of nitrogens with two attached hydrogens (primary N) is 1. The summed E-state index contributed by atoms with van der Waals surface area (Å²) in [5, 5.41) is 7.34. The summed E-state index contributed by atoms with van der Waals surface area (Å²) in [5.41, 5.74) is 2.36. The Balaban J connectivity index is 0.000000810. The molecule has 0 atom stereocenters. The summed E-state index contributed by atoms with van der Waals surface area (Å²) in [5.74, 6) is 5.59. The Labute approximate surface area is 72.7 Å². The zero-order valence-electron chi connectivity index (χ0n) is 4.91. The summed E-state index contributed by atoms with van der Waals surface area (Å²) >= 11 is 3.13. The van der Waals surface area contributed by atoms with Crippen molar-refractivity contribution in [3.05, 3.63) is 16.7 Å². The summed E-state index contributed by atoms with van der Waals surface area (Å²) < 4.78 is 0.696. The number of hydrogen-bond donors (Lipinski definition) is 2. The second-order valence-electron chi connectivity index (χ2n) is 1.39. The Kier molecular flexibility index (Phi) is 4.26. The van der Waals surface area contributed by atoms with Crippen LogP contribution in [0.5, 0.6) is 0 Å². The molecule has 0 amide bonds. The maximum atomic E-state index is 5.03. The van der Waals surface area contributed by atoms with Gasteiger partial charge in [0, 0.05) is 0 Å². The van der Waals surface area contributed by atoms with Gasteiger partial charge in [0.15, 0.2) is 5.82 Å². The predicted molar refractivity (Wildman–Crippen MR) is 44.8 cm³/mol. The third-order valence-corrected chi connectivity index (χ3v) is 1.20. The van der Waals surface area contributed by atoms with Gasteiger partial charge in [0.1, 0.15) is 4.60 Å². The smallest absolute Gasteiger partial charge is 0.162 e. The first kappa shape index (κ1) is 9.61. The molecule has 0 radical (unpaired) electrons. The van der Waals surface area contributed by atoms with Crippen molar-refractivity contribution in [3.63, 3.8) is 0 Å². The van der Waals surface area contributed by atoms with Gasteiger partial charge in [-0.3, -0.25) is 0 Å². The number of anilines is 1. The molecule has 0 saturated heterocycles. The van der Waals surface area contributed by atoms with Crippen LogP contribution in [0.4, 0.5) is 5.82 Å². The highest BCUT2D eigenvalue weighted by atomic mass is 79.9. The van der Waals surface area contributed by atoms with Crippen molar-refractivity contribution < 1.29 is 0 Å². The third-order valence-electron chi connectivity index (χ3n) is 0.780. The van der Waals surface area contributed by atoms with E-state index >= 15 is 0 Å². The predicted octanol–water partition coefficient (Wildman–Crippen LogP) is 0.946. The standard InChI is InChI=1S/C4H5BrN4.ClH/c5-3-1-2-4(7-6)9-8-3;/h1-2H,6H2,(H,7,9);1H. The Morgan fingerprint density at radius 1 is 1.40 bits per heavy atom. The van der Waals surface area contributed by atoms with Crippen molar-refractivity contribution in [2.24, 2.45) is 5.84 Å². The molecule has 0 aromatic carbocycles. The van der Waals surface area contributed by atoms with Crippen LogP contribution in [-0.4, -0.2) is 10.2 Å². The second-order valence-corrected chi connectivity index (χ2v) is 2.20. The van der Waals surface area contributed by atoms with E-state index in [9.17, 15) is 0 Å². The van der Waals surface area contributed by atoms with Crippen LogP contribution >= 0.6 is 28.3 Å². The summed E-state index contributed by atoms with van der Waals surface area (Å²) in [4.78, 5) is 0. The van der Waals surface area contributed by atoms with Gasteiger partial charge in [0.05, 0.1) is 0 Å².